The zero-order valence-corrected chi connectivity index (χ0v) is 13.2. The van der Waals surface area contributed by atoms with Crippen LogP contribution in [0.15, 0.2) is 18.2 Å². The predicted molar refractivity (Wildman–Crippen MR) is 79.8 cm³/mol. The van der Waals surface area contributed by atoms with Crippen LogP contribution >= 0.6 is 11.6 Å². The van der Waals surface area contributed by atoms with Crippen molar-refractivity contribution in [1.82, 2.24) is 5.32 Å². The van der Waals surface area contributed by atoms with Crippen LogP contribution in [0.4, 0.5) is 4.39 Å². The van der Waals surface area contributed by atoms with E-state index in [2.05, 4.69) is 5.32 Å². The number of nitrogens with one attached hydrogen (secondary N) is 1. The van der Waals surface area contributed by atoms with Gasteiger partial charge in [0.1, 0.15) is 5.82 Å². The molecule has 21 heavy (non-hydrogen) atoms. The fourth-order valence-corrected chi connectivity index (χ4v) is 4.18. The first-order valence-corrected chi connectivity index (χ1v) is 9.07. The highest BCUT2D eigenvalue weighted by Crippen LogP contribution is 2.24. The summed E-state index contributed by atoms with van der Waals surface area (Å²) in [5.74, 6) is -1.15. The lowest BCUT2D eigenvalue weighted by Gasteiger charge is -2.30. The Morgan fingerprint density at radius 1 is 1.33 bits per heavy atom. The van der Waals surface area contributed by atoms with E-state index in [1.54, 1.807) is 0 Å². The van der Waals surface area contributed by atoms with E-state index in [4.69, 9.17) is 11.6 Å². The van der Waals surface area contributed by atoms with Gasteiger partial charge in [0, 0.05) is 17.9 Å². The maximum atomic E-state index is 13.4. The molecule has 0 unspecified atom stereocenters. The molecule has 1 aliphatic rings. The molecule has 1 fully saturated rings. The van der Waals surface area contributed by atoms with Crippen LogP contribution in [0, 0.1) is 5.82 Å². The van der Waals surface area contributed by atoms with Crippen LogP contribution in [0.3, 0.4) is 0 Å². The molecule has 0 spiro atoms. The number of benzene rings is 1. The molecule has 1 aromatic rings. The summed E-state index contributed by atoms with van der Waals surface area (Å²) in [5, 5.41) is 2.08. The van der Waals surface area contributed by atoms with Gasteiger partial charge < -0.3 is 5.32 Å². The smallest absolute Gasteiger partial charge is 0.251 e. The molecule has 0 aromatic heterocycles. The minimum atomic E-state index is -3.23. The van der Waals surface area contributed by atoms with Gasteiger partial charge in [-0.2, -0.15) is 0 Å². The lowest BCUT2D eigenvalue weighted by atomic mass is 9.94. The molecule has 0 heterocycles. The number of amides is 1. The van der Waals surface area contributed by atoms with Crippen LogP contribution in [0.25, 0.3) is 0 Å². The second-order valence-electron chi connectivity index (χ2n) is 5.36. The molecule has 0 radical (unpaired) electrons. The van der Waals surface area contributed by atoms with Crippen LogP contribution in [0.2, 0.25) is 5.02 Å². The second kappa shape index (κ2) is 6.32. The summed E-state index contributed by atoms with van der Waals surface area (Å²) in [5.41, 5.74) is 0.134. The summed E-state index contributed by atoms with van der Waals surface area (Å²) in [4.78, 5) is 12.1. The second-order valence-corrected chi connectivity index (χ2v) is 8.03. The molecule has 0 aliphatic heterocycles. The van der Waals surface area contributed by atoms with Crippen molar-refractivity contribution in [2.75, 3.05) is 6.26 Å². The SMILES string of the molecule is CS(=O)(=O)[C@@H]1CCCC[C@H]1NC(=O)c1ccc(Cl)c(F)c1. The van der Waals surface area contributed by atoms with Crippen molar-refractivity contribution in [3.8, 4) is 0 Å². The first-order valence-electron chi connectivity index (χ1n) is 6.74. The number of hydrogen-bond donors (Lipinski definition) is 1. The highest BCUT2D eigenvalue weighted by atomic mass is 35.5. The average Bonchev–Trinajstić information content (AvgIpc) is 2.41. The maximum Gasteiger partial charge on any atom is 0.251 e. The first kappa shape index (κ1) is 16.2. The molecular weight excluding hydrogens is 317 g/mol. The van der Waals surface area contributed by atoms with Crippen LogP contribution in [-0.4, -0.2) is 31.9 Å². The van der Waals surface area contributed by atoms with E-state index >= 15 is 0 Å². The van der Waals surface area contributed by atoms with E-state index in [0.717, 1.165) is 18.9 Å². The molecule has 1 amide bonds. The van der Waals surface area contributed by atoms with Gasteiger partial charge in [0.05, 0.1) is 10.3 Å². The van der Waals surface area contributed by atoms with E-state index < -0.39 is 32.9 Å². The molecule has 1 N–H and O–H groups in total. The average molecular weight is 334 g/mol. The summed E-state index contributed by atoms with van der Waals surface area (Å²) in [7, 11) is -3.23. The van der Waals surface area contributed by atoms with E-state index in [1.807, 2.05) is 0 Å². The monoisotopic (exact) mass is 333 g/mol. The largest absolute Gasteiger partial charge is 0.348 e. The van der Waals surface area contributed by atoms with Gasteiger partial charge in [-0.25, -0.2) is 12.8 Å². The van der Waals surface area contributed by atoms with Gasteiger partial charge in [-0.3, -0.25) is 4.79 Å². The van der Waals surface area contributed by atoms with Crippen molar-refractivity contribution >= 4 is 27.3 Å². The number of sulfone groups is 1. The van der Waals surface area contributed by atoms with Crippen molar-refractivity contribution in [2.24, 2.45) is 0 Å². The third-order valence-electron chi connectivity index (χ3n) is 3.75. The lowest BCUT2D eigenvalue weighted by Crippen LogP contribution is -2.48. The minimum absolute atomic E-state index is 0.0572. The highest BCUT2D eigenvalue weighted by Gasteiger charge is 2.33. The van der Waals surface area contributed by atoms with E-state index in [1.165, 1.54) is 18.4 Å². The Balaban J connectivity index is 2.15. The van der Waals surface area contributed by atoms with Gasteiger partial charge in [-0.15, -0.1) is 0 Å². The molecule has 1 aliphatic carbocycles. The number of hydrogen-bond acceptors (Lipinski definition) is 3. The van der Waals surface area contributed by atoms with E-state index in [9.17, 15) is 17.6 Å². The Kier molecular flexibility index (Phi) is 4.88. The Morgan fingerprint density at radius 3 is 2.62 bits per heavy atom. The number of rotatable bonds is 3. The van der Waals surface area contributed by atoms with Crippen LogP contribution in [0.1, 0.15) is 36.0 Å². The van der Waals surface area contributed by atoms with Crippen LogP contribution in [0.5, 0.6) is 0 Å². The number of halogens is 2. The van der Waals surface area contributed by atoms with Gasteiger partial charge in [0.2, 0.25) is 0 Å². The zero-order valence-electron chi connectivity index (χ0n) is 11.6. The number of carbonyl (C=O) groups is 1. The van der Waals surface area contributed by atoms with Crippen LogP contribution < -0.4 is 5.32 Å². The summed E-state index contributed by atoms with van der Waals surface area (Å²) >= 11 is 5.57. The molecule has 1 saturated carbocycles. The van der Waals surface area contributed by atoms with Crippen molar-refractivity contribution in [2.45, 2.75) is 37.0 Å². The summed E-state index contributed by atoms with van der Waals surface area (Å²) in [6, 6.07) is 3.34. The van der Waals surface area contributed by atoms with Crippen LogP contribution in [-0.2, 0) is 9.84 Å². The Hall–Kier alpha value is -1.14. The van der Waals surface area contributed by atoms with E-state index in [-0.39, 0.29) is 10.6 Å². The van der Waals surface area contributed by atoms with Gasteiger partial charge in [0.25, 0.3) is 5.91 Å². The fourth-order valence-electron chi connectivity index (χ4n) is 2.66. The molecule has 2 atom stereocenters. The summed E-state index contributed by atoms with van der Waals surface area (Å²) < 4.78 is 36.9. The quantitative estimate of drug-likeness (QED) is 0.924. The third kappa shape index (κ3) is 3.95. The first-order chi connectivity index (χ1) is 9.79. The molecule has 0 bridgehead atoms. The molecule has 4 nitrogen and oxygen atoms in total. The van der Waals surface area contributed by atoms with E-state index in [0.29, 0.717) is 12.8 Å². The van der Waals surface area contributed by atoms with Gasteiger partial charge in [-0.05, 0) is 31.0 Å². The fraction of sp³-hybridized carbons (Fsp3) is 0.500. The molecule has 0 saturated heterocycles. The number of carbonyl (C=O) groups excluding carboxylic acids is 1. The van der Waals surface area contributed by atoms with Crippen molar-refractivity contribution < 1.29 is 17.6 Å². The molecule has 116 valence electrons. The predicted octanol–water partition coefficient (Wildman–Crippen LogP) is 2.56. The Labute approximate surface area is 128 Å². The Bertz CT molecular complexity index is 648. The Morgan fingerprint density at radius 2 is 2.00 bits per heavy atom. The summed E-state index contributed by atoms with van der Waals surface area (Å²) in [6.07, 6.45) is 4.04. The molecular formula is C14H17ClFNO3S. The molecule has 1 aromatic carbocycles. The highest BCUT2D eigenvalue weighted by molar-refractivity contribution is 7.91. The zero-order chi connectivity index (χ0) is 15.6. The normalized spacial score (nSPS) is 22.8. The lowest BCUT2D eigenvalue weighted by molar-refractivity contribution is 0.0928. The van der Waals surface area contributed by atoms with Gasteiger partial charge in [0.15, 0.2) is 9.84 Å². The van der Waals surface area contributed by atoms with Crippen molar-refractivity contribution in [1.29, 1.82) is 0 Å². The minimum Gasteiger partial charge on any atom is -0.348 e. The molecule has 2 rings (SSSR count). The van der Waals surface area contributed by atoms with Gasteiger partial charge >= 0.3 is 0 Å². The third-order valence-corrected chi connectivity index (χ3v) is 5.72. The standard InChI is InChI=1S/C14H17ClFNO3S/c1-21(19,20)13-5-3-2-4-12(13)17-14(18)9-6-7-10(15)11(16)8-9/h6-8,12-13H,2-5H2,1H3,(H,17,18)/t12-,13-/m1/s1. The van der Waals surface area contributed by atoms with Gasteiger partial charge in [-0.1, -0.05) is 24.4 Å². The maximum absolute atomic E-state index is 13.4. The molecule has 7 heteroatoms. The van der Waals surface area contributed by atoms with Crippen molar-refractivity contribution in [3.05, 3.63) is 34.6 Å². The summed E-state index contributed by atoms with van der Waals surface area (Å²) in [6.45, 7) is 0. The topological polar surface area (TPSA) is 63.2 Å². The van der Waals surface area contributed by atoms with Crippen molar-refractivity contribution in [3.63, 3.8) is 0 Å².